The van der Waals surface area contributed by atoms with Gasteiger partial charge in [0.25, 0.3) is 0 Å². The molecule has 1 aliphatic heterocycles. The van der Waals surface area contributed by atoms with Crippen LogP contribution in [0.4, 0.5) is 11.4 Å². The maximum absolute atomic E-state index is 5.66. The van der Waals surface area contributed by atoms with Gasteiger partial charge in [0.15, 0.2) is 0 Å². The molecule has 1 heterocycles. The summed E-state index contributed by atoms with van der Waals surface area (Å²) in [5.74, 6) is 1.55. The van der Waals surface area contributed by atoms with Crippen LogP contribution >= 0.6 is 11.6 Å². The summed E-state index contributed by atoms with van der Waals surface area (Å²) in [5, 5.41) is 0. The highest BCUT2D eigenvalue weighted by molar-refractivity contribution is 6.17. The normalized spacial score (nSPS) is 16.9. The average Bonchev–Trinajstić information content (AvgIpc) is 2.84. The third-order valence-corrected chi connectivity index (χ3v) is 4.14. The molecule has 21 heavy (non-hydrogen) atoms. The predicted molar refractivity (Wildman–Crippen MR) is 89.0 cm³/mol. The predicted octanol–water partition coefficient (Wildman–Crippen LogP) is 4.78. The van der Waals surface area contributed by atoms with Gasteiger partial charge < -0.3 is 9.64 Å². The number of hydrogen-bond acceptors (Lipinski definition) is 2. The van der Waals surface area contributed by atoms with E-state index in [1.54, 1.807) is 0 Å². The lowest BCUT2D eigenvalue weighted by molar-refractivity contribution is 0.318. The molecule has 3 heteroatoms. The minimum Gasteiger partial charge on any atom is -0.494 e. The highest BCUT2D eigenvalue weighted by Gasteiger charge is 2.26. The van der Waals surface area contributed by atoms with Crippen LogP contribution in [0.25, 0.3) is 0 Å². The van der Waals surface area contributed by atoms with Gasteiger partial charge in [-0.15, -0.1) is 11.6 Å². The van der Waals surface area contributed by atoms with E-state index in [4.69, 9.17) is 16.3 Å². The molecule has 0 amide bonds. The van der Waals surface area contributed by atoms with E-state index in [0.29, 0.717) is 18.5 Å². The zero-order valence-electron chi connectivity index (χ0n) is 12.3. The second-order valence-corrected chi connectivity index (χ2v) is 5.81. The molecule has 0 saturated heterocycles. The first-order chi connectivity index (χ1) is 10.3. The van der Waals surface area contributed by atoms with E-state index in [2.05, 4.69) is 48.2 Å². The number of para-hydroxylation sites is 1. The second kappa shape index (κ2) is 6.40. The Hall–Kier alpha value is -1.67. The van der Waals surface area contributed by atoms with Crippen molar-refractivity contribution in [2.45, 2.75) is 25.8 Å². The summed E-state index contributed by atoms with van der Waals surface area (Å²) >= 11 is 5.66. The number of hydrogen-bond donors (Lipinski definition) is 0. The Morgan fingerprint density at radius 3 is 2.67 bits per heavy atom. The van der Waals surface area contributed by atoms with Crippen molar-refractivity contribution in [2.24, 2.45) is 0 Å². The van der Waals surface area contributed by atoms with Crippen molar-refractivity contribution in [3.8, 4) is 5.75 Å². The van der Waals surface area contributed by atoms with E-state index >= 15 is 0 Å². The Kier molecular flexibility index (Phi) is 4.35. The summed E-state index contributed by atoms with van der Waals surface area (Å²) in [5.41, 5.74) is 3.96. The molecule has 0 aliphatic carbocycles. The number of halogens is 1. The maximum Gasteiger partial charge on any atom is 0.119 e. The van der Waals surface area contributed by atoms with Crippen LogP contribution in [0.2, 0.25) is 0 Å². The third kappa shape index (κ3) is 3.01. The molecule has 0 fully saturated rings. The molecule has 2 aromatic carbocycles. The Bertz CT molecular complexity index is 596. The van der Waals surface area contributed by atoms with Crippen molar-refractivity contribution in [1.29, 1.82) is 0 Å². The van der Waals surface area contributed by atoms with E-state index in [0.717, 1.165) is 18.6 Å². The third-order valence-electron chi connectivity index (χ3n) is 3.87. The molecule has 3 rings (SSSR count). The zero-order chi connectivity index (χ0) is 14.7. The van der Waals surface area contributed by atoms with Gasteiger partial charge in [-0.1, -0.05) is 18.2 Å². The van der Waals surface area contributed by atoms with Gasteiger partial charge in [0.05, 0.1) is 6.61 Å². The van der Waals surface area contributed by atoms with Gasteiger partial charge in [0, 0.05) is 23.3 Å². The van der Waals surface area contributed by atoms with E-state index in [1.165, 1.54) is 16.9 Å². The van der Waals surface area contributed by atoms with Crippen molar-refractivity contribution < 1.29 is 4.74 Å². The number of ether oxygens (including phenoxy) is 1. The zero-order valence-corrected chi connectivity index (χ0v) is 13.0. The fourth-order valence-corrected chi connectivity index (χ4v) is 3.02. The van der Waals surface area contributed by atoms with Crippen molar-refractivity contribution in [2.75, 3.05) is 17.4 Å². The van der Waals surface area contributed by atoms with Crippen LogP contribution in [0.3, 0.4) is 0 Å². The summed E-state index contributed by atoms with van der Waals surface area (Å²) in [6.45, 7) is 2.94. The summed E-state index contributed by atoms with van der Waals surface area (Å²) in [6.07, 6.45) is 1.98. The molecule has 0 spiro atoms. The summed E-state index contributed by atoms with van der Waals surface area (Å²) < 4.78 is 5.66. The van der Waals surface area contributed by atoms with E-state index in [-0.39, 0.29) is 0 Å². The van der Waals surface area contributed by atoms with Crippen molar-refractivity contribution in [1.82, 2.24) is 0 Å². The molecule has 0 radical (unpaired) electrons. The first-order valence-corrected chi connectivity index (χ1v) is 7.99. The van der Waals surface area contributed by atoms with Crippen molar-refractivity contribution in [3.63, 3.8) is 0 Å². The second-order valence-electron chi connectivity index (χ2n) is 5.44. The van der Waals surface area contributed by atoms with E-state index in [9.17, 15) is 0 Å². The SMILES string of the molecule is CC1Cc2ccccc2N1c1ccc(OCCCCl)cc1. The smallest absolute Gasteiger partial charge is 0.119 e. The fourth-order valence-electron chi connectivity index (χ4n) is 2.91. The van der Waals surface area contributed by atoms with Crippen LogP contribution < -0.4 is 9.64 Å². The van der Waals surface area contributed by atoms with Crippen LogP contribution in [0, 0.1) is 0 Å². The Morgan fingerprint density at radius 2 is 1.90 bits per heavy atom. The molecule has 1 unspecified atom stereocenters. The first kappa shape index (κ1) is 14.3. The molecule has 0 aromatic heterocycles. The molecule has 0 saturated carbocycles. The lowest BCUT2D eigenvalue weighted by Crippen LogP contribution is -2.23. The first-order valence-electron chi connectivity index (χ1n) is 7.45. The average molecular weight is 302 g/mol. The van der Waals surface area contributed by atoms with Gasteiger partial charge in [-0.3, -0.25) is 0 Å². The van der Waals surface area contributed by atoms with Crippen LogP contribution in [-0.4, -0.2) is 18.5 Å². The van der Waals surface area contributed by atoms with Gasteiger partial charge in [0.1, 0.15) is 5.75 Å². The molecule has 0 N–H and O–H groups in total. The van der Waals surface area contributed by atoms with Gasteiger partial charge in [-0.05, 0) is 55.7 Å². The summed E-state index contributed by atoms with van der Waals surface area (Å²) in [4.78, 5) is 2.40. The summed E-state index contributed by atoms with van der Waals surface area (Å²) in [7, 11) is 0. The molecule has 1 atom stereocenters. The van der Waals surface area contributed by atoms with E-state index in [1.807, 2.05) is 12.1 Å². The molecular formula is C18H20ClNO. The number of anilines is 2. The Morgan fingerprint density at radius 1 is 1.14 bits per heavy atom. The Balaban J connectivity index is 1.78. The number of alkyl halides is 1. The van der Waals surface area contributed by atoms with Crippen LogP contribution in [0.15, 0.2) is 48.5 Å². The van der Waals surface area contributed by atoms with Gasteiger partial charge in [-0.25, -0.2) is 0 Å². The molecule has 110 valence electrons. The molecular weight excluding hydrogens is 282 g/mol. The highest BCUT2D eigenvalue weighted by Crippen LogP contribution is 2.38. The van der Waals surface area contributed by atoms with Crippen molar-refractivity contribution >= 4 is 23.0 Å². The molecule has 2 nitrogen and oxygen atoms in total. The Labute approximate surface area is 131 Å². The minimum absolute atomic E-state index is 0.491. The highest BCUT2D eigenvalue weighted by atomic mass is 35.5. The fraction of sp³-hybridized carbons (Fsp3) is 0.333. The number of fused-ring (bicyclic) bond motifs is 1. The molecule has 2 aromatic rings. The quantitative estimate of drug-likeness (QED) is 0.582. The minimum atomic E-state index is 0.491. The molecule has 1 aliphatic rings. The monoisotopic (exact) mass is 301 g/mol. The topological polar surface area (TPSA) is 12.5 Å². The maximum atomic E-state index is 5.66. The van der Waals surface area contributed by atoms with Gasteiger partial charge in [0.2, 0.25) is 0 Å². The van der Waals surface area contributed by atoms with Gasteiger partial charge in [-0.2, -0.15) is 0 Å². The standard InChI is InChI=1S/C18H20ClNO/c1-14-13-15-5-2-3-6-18(15)20(14)16-7-9-17(10-8-16)21-12-4-11-19/h2-3,5-10,14H,4,11-13H2,1H3. The van der Waals surface area contributed by atoms with E-state index < -0.39 is 0 Å². The van der Waals surface area contributed by atoms with Crippen LogP contribution in [0.5, 0.6) is 5.75 Å². The number of rotatable bonds is 5. The molecule has 0 bridgehead atoms. The lowest BCUT2D eigenvalue weighted by atomic mass is 10.1. The lowest BCUT2D eigenvalue weighted by Gasteiger charge is -2.25. The number of benzene rings is 2. The van der Waals surface area contributed by atoms with Crippen LogP contribution in [0.1, 0.15) is 18.9 Å². The number of nitrogens with zero attached hydrogens (tertiary/aromatic N) is 1. The largest absolute Gasteiger partial charge is 0.494 e. The van der Waals surface area contributed by atoms with Gasteiger partial charge >= 0.3 is 0 Å². The van der Waals surface area contributed by atoms with Crippen LogP contribution in [-0.2, 0) is 6.42 Å². The summed E-state index contributed by atoms with van der Waals surface area (Å²) in [6, 6.07) is 17.5. The van der Waals surface area contributed by atoms with Crippen molar-refractivity contribution in [3.05, 3.63) is 54.1 Å².